The highest BCUT2D eigenvalue weighted by Gasteiger charge is 2.37. The fourth-order valence-corrected chi connectivity index (χ4v) is 5.05. The van der Waals surface area contributed by atoms with E-state index in [1.54, 1.807) is 6.92 Å². The molecule has 3 aromatic rings. The maximum Gasteiger partial charge on any atom is 0.407 e. The van der Waals surface area contributed by atoms with Gasteiger partial charge in [0.05, 0.1) is 12.2 Å². The standard InChI is InChI=1S/C26H27N3O5S/c1-15-22(23(30)29(4)26(2,3)24(31)32)35-21(28-15)13-27-25(33)34-14-20-18-11-7-5-9-16(18)17-10-6-8-12-19(17)20/h5-12,20H,13-14H2,1-4H3,(H,27,33)(H,31,32). The number of nitrogens with one attached hydrogen (secondary N) is 1. The number of carboxylic acid groups (broad SMARTS) is 1. The van der Waals surface area contributed by atoms with Crippen molar-refractivity contribution in [3.63, 3.8) is 0 Å². The van der Waals surface area contributed by atoms with Crippen LogP contribution in [0.2, 0.25) is 0 Å². The van der Waals surface area contributed by atoms with Gasteiger partial charge in [0, 0.05) is 13.0 Å². The number of aromatic nitrogens is 1. The van der Waals surface area contributed by atoms with Crippen LogP contribution in [0.25, 0.3) is 11.1 Å². The van der Waals surface area contributed by atoms with Gasteiger partial charge in [-0.05, 0) is 43.0 Å². The lowest BCUT2D eigenvalue weighted by Crippen LogP contribution is -2.50. The van der Waals surface area contributed by atoms with Crippen LogP contribution in [0.15, 0.2) is 48.5 Å². The van der Waals surface area contributed by atoms with E-state index in [2.05, 4.69) is 34.6 Å². The Bertz CT molecular complexity index is 1250. The van der Waals surface area contributed by atoms with Crippen LogP contribution in [0.1, 0.15) is 51.3 Å². The molecule has 1 aliphatic rings. The van der Waals surface area contributed by atoms with Crippen LogP contribution in [0.4, 0.5) is 4.79 Å². The number of carboxylic acids is 1. The van der Waals surface area contributed by atoms with Gasteiger partial charge in [0.1, 0.15) is 22.0 Å². The summed E-state index contributed by atoms with van der Waals surface area (Å²) in [7, 11) is 1.45. The van der Waals surface area contributed by atoms with Gasteiger partial charge in [0.25, 0.3) is 5.91 Å². The molecule has 1 aliphatic carbocycles. The first kappa shape index (κ1) is 24.4. The summed E-state index contributed by atoms with van der Waals surface area (Å²) in [5.74, 6) is -1.57. The Morgan fingerprint density at radius 1 is 1.09 bits per heavy atom. The van der Waals surface area contributed by atoms with Crippen LogP contribution in [0, 0.1) is 6.92 Å². The number of hydrogen-bond donors (Lipinski definition) is 2. The topological polar surface area (TPSA) is 109 Å². The number of hydrogen-bond acceptors (Lipinski definition) is 6. The van der Waals surface area contributed by atoms with Gasteiger partial charge >= 0.3 is 12.1 Å². The van der Waals surface area contributed by atoms with Crippen molar-refractivity contribution in [3.8, 4) is 11.1 Å². The highest BCUT2D eigenvalue weighted by Crippen LogP contribution is 2.44. The van der Waals surface area contributed by atoms with Crippen molar-refractivity contribution in [2.45, 2.75) is 38.8 Å². The number of rotatable bonds is 7. The lowest BCUT2D eigenvalue weighted by atomic mass is 9.98. The molecule has 0 aliphatic heterocycles. The van der Waals surface area contributed by atoms with E-state index in [1.807, 2.05) is 24.3 Å². The summed E-state index contributed by atoms with van der Waals surface area (Å²) in [6, 6.07) is 16.2. The smallest absolute Gasteiger partial charge is 0.407 e. The number of benzene rings is 2. The molecule has 0 saturated heterocycles. The summed E-state index contributed by atoms with van der Waals surface area (Å²) >= 11 is 1.13. The van der Waals surface area contributed by atoms with Gasteiger partial charge in [0.2, 0.25) is 0 Å². The van der Waals surface area contributed by atoms with Crippen LogP contribution in [-0.2, 0) is 16.1 Å². The number of alkyl carbamates (subject to hydrolysis) is 1. The van der Waals surface area contributed by atoms with E-state index in [-0.39, 0.29) is 19.1 Å². The third-order valence-electron chi connectivity index (χ3n) is 6.43. The van der Waals surface area contributed by atoms with Crippen molar-refractivity contribution >= 4 is 29.3 Å². The summed E-state index contributed by atoms with van der Waals surface area (Å²) in [5, 5.41) is 12.6. The highest BCUT2D eigenvalue weighted by molar-refractivity contribution is 7.13. The molecular formula is C26H27N3O5S. The summed E-state index contributed by atoms with van der Waals surface area (Å²) in [6.07, 6.45) is -0.572. The number of carbonyl (C=O) groups excluding carboxylic acids is 2. The van der Waals surface area contributed by atoms with Gasteiger partial charge in [-0.25, -0.2) is 14.6 Å². The van der Waals surface area contributed by atoms with Crippen molar-refractivity contribution < 1.29 is 24.2 Å². The van der Waals surface area contributed by atoms with Gasteiger partial charge in [-0.1, -0.05) is 48.5 Å². The second-order valence-electron chi connectivity index (χ2n) is 8.93. The summed E-state index contributed by atoms with van der Waals surface area (Å²) in [4.78, 5) is 42.7. The van der Waals surface area contributed by atoms with Crippen LogP contribution in [-0.4, -0.2) is 52.2 Å². The van der Waals surface area contributed by atoms with Crippen LogP contribution in [0.5, 0.6) is 0 Å². The predicted molar refractivity (Wildman–Crippen MR) is 133 cm³/mol. The Hall–Kier alpha value is -3.72. The second kappa shape index (κ2) is 9.50. The van der Waals surface area contributed by atoms with E-state index in [4.69, 9.17) is 4.74 Å². The van der Waals surface area contributed by atoms with Crippen LogP contribution in [0.3, 0.4) is 0 Å². The molecule has 0 atom stereocenters. The molecule has 0 bridgehead atoms. The monoisotopic (exact) mass is 493 g/mol. The van der Waals surface area contributed by atoms with E-state index in [9.17, 15) is 19.5 Å². The molecule has 1 aromatic heterocycles. The number of carbonyl (C=O) groups is 3. The van der Waals surface area contributed by atoms with Gasteiger partial charge in [-0.2, -0.15) is 0 Å². The van der Waals surface area contributed by atoms with Gasteiger partial charge < -0.3 is 20.1 Å². The molecular weight excluding hydrogens is 466 g/mol. The Kier molecular flexibility index (Phi) is 6.62. The molecule has 182 valence electrons. The molecule has 8 nitrogen and oxygen atoms in total. The number of nitrogens with zero attached hydrogens (tertiary/aromatic N) is 2. The van der Waals surface area contributed by atoms with Gasteiger partial charge in [0.15, 0.2) is 0 Å². The number of ether oxygens (including phenoxy) is 1. The molecule has 35 heavy (non-hydrogen) atoms. The molecule has 4 rings (SSSR count). The maximum atomic E-state index is 12.8. The number of thiazole rings is 1. The van der Waals surface area contributed by atoms with Crippen molar-refractivity contribution in [3.05, 3.63) is 75.2 Å². The first-order valence-corrected chi connectivity index (χ1v) is 12.0. The zero-order valence-corrected chi connectivity index (χ0v) is 20.8. The van der Waals surface area contributed by atoms with Gasteiger partial charge in [-0.15, -0.1) is 11.3 Å². The Balaban J connectivity index is 1.37. The van der Waals surface area contributed by atoms with Crippen molar-refractivity contribution in [2.24, 2.45) is 0 Å². The lowest BCUT2D eigenvalue weighted by molar-refractivity contribution is -0.147. The van der Waals surface area contributed by atoms with Crippen molar-refractivity contribution in [1.82, 2.24) is 15.2 Å². The van der Waals surface area contributed by atoms with E-state index >= 15 is 0 Å². The number of aryl methyl sites for hydroxylation is 1. The van der Waals surface area contributed by atoms with Crippen molar-refractivity contribution in [1.29, 1.82) is 0 Å². The van der Waals surface area contributed by atoms with E-state index in [0.29, 0.717) is 15.6 Å². The SMILES string of the molecule is Cc1nc(CNC(=O)OCC2c3ccccc3-c3ccccc32)sc1C(=O)N(C)C(C)(C)C(=O)O. The molecule has 0 saturated carbocycles. The van der Waals surface area contributed by atoms with Crippen LogP contribution >= 0.6 is 11.3 Å². The molecule has 0 unspecified atom stereocenters. The Labute approximate surface area is 207 Å². The van der Waals surface area contributed by atoms with Crippen LogP contribution < -0.4 is 5.32 Å². The normalized spacial score (nSPS) is 12.6. The van der Waals surface area contributed by atoms with E-state index in [1.165, 1.54) is 25.8 Å². The fraction of sp³-hybridized carbons (Fsp3) is 0.308. The number of amides is 2. The average Bonchev–Trinajstić information content (AvgIpc) is 3.37. The minimum Gasteiger partial charge on any atom is -0.480 e. The molecule has 0 fully saturated rings. The molecule has 0 spiro atoms. The Morgan fingerprint density at radius 3 is 2.23 bits per heavy atom. The van der Waals surface area contributed by atoms with Gasteiger partial charge in [-0.3, -0.25) is 4.79 Å². The fourth-order valence-electron chi connectivity index (χ4n) is 4.07. The highest BCUT2D eigenvalue weighted by atomic mass is 32.1. The summed E-state index contributed by atoms with van der Waals surface area (Å²) in [5.41, 5.74) is 3.69. The maximum absolute atomic E-state index is 12.8. The zero-order chi connectivity index (χ0) is 25.3. The summed E-state index contributed by atoms with van der Waals surface area (Å²) < 4.78 is 5.54. The van der Waals surface area contributed by atoms with E-state index < -0.39 is 23.5 Å². The molecule has 2 aromatic carbocycles. The minimum absolute atomic E-state index is 0.0346. The Morgan fingerprint density at radius 2 is 1.66 bits per heavy atom. The second-order valence-corrected chi connectivity index (χ2v) is 10.0. The molecule has 2 N–H and O–H groups in total. The first-order chi connectivity index (χ1) is 16.6. The third-order valence-corrected chi connectivity index (χ3v) is 7.57. The van der Waals surface area contributed by atoms with Crippen molar-refractivity contribution in [2.75, 3.05) is 13.7 Å². The number of fused-ring (bicyclic) bond motifs is 3. The lowest BCUT2D eigenvalue weighted by Gasteiger charge is -2.31. The molecule has 0 radical (unpaired) electrons. The van der Waals surface area contributed by atoms with E-state index in [0.717, 1.165) is 33.6 Å². The minimum atomic E-state index is -1.37. The predicted octanol–water partition coefficient (Wildman–Crippen LogP) is 4.43. The molecule has 9 heteroatoms. The zero-order valence-electron chi connectivity index (χ0n) is 20.0. The quantitative estimate of drug-likeness (QED) is 0.504. The number of aliphatic carboxylic acids is 1. The summed E-state index contributed by atoms with van der Waals surface area (Å²) in [6.45, 7) is 4.91. The first-order valence-electron chi connectivity index (χ1n) is 11.2. The number of likely N-dealkylation sites (N-methyl/N-ethyl adjacent to an activating group) is 1. The molecule has 2 amide bonds. The largest absolute Gasteiger partial charge is 0.480 e. The average molecular weight is 494 g/mol. The molecule has 1 heterocycles. The third kappa shape index (κ3) is 4.64.